The Morgan fingerprint density at radius 3 is 2.33 bits per heavy atom. The first kappa shape index (κ1) is 15.1. The normalized spacial score (nSPS) is 13.0. The van der Waals surface area contributed by atoms with Gasteiger partial charge in [-0.2, -0.15) is 0 Å². The molecule has 102 valence electrons. The van der Waals surface area contributed by atoms with E-state index in [1.54, 1.807) is 6.07 Å². The van der Waals surface area contributed by atoms with Gasteiger partial charge in [-0.05, 0) is 30.2 Å². The molecule has 0 bridgehead atoms. The number of halogens is 2. The van der Waals surface area contributed by atoms with Gasteiger partial charge in [0.05, 0.1) is 0 Å². The Labute approximate surface area is 108 Å². The maximum absolute atomic E-state index is 13.2. The lowest BCUT2D eigenvalue weighted by molar-refractivity contribution is 0.412. The van der Waals surface area contributed by atoms with Crippen molar-refractivity contribution in [3.05, 3.63) is 35.4 Å². The molecule has 4 heteroatoms. The highest BCUT2D eigenvalue weighted by Gasteiger charge is 2.13. The standard InChI is InChI=1S/C14H22F2N2/c1-3-10(4-2)9-18-14(8-17)11-5-6-12(15)13(16)7-11/h5-7,10,14,18H,3-4,8-9,17H2,1-2H3. The highest BCUT2D eigenvalue weighted by molar-refractivity contribution is 5.21. The molecule has 1 atom stereocenters. The second-order valence-corrected chi connectivity index (χ2v) is 4.55. The fourth-order valence-electron chi connectivity index (χ4n) is 1.95. The molecule has 1 unspecified atom stereocenters. The van der Waals surface area contributed by atoms with Crippen LogP contribution in [0.3, 0.4) is 0 Å². The average Bonchev–Trinajstić information content (AvgIpc) is 2.38. The quantitative estimate of drug-likeness (QED) is 0.787. The summed E-state index contributed by atoms with van der Waals surface area (Å²) in [4.78, 5) is 0. The van der Waals surface area contributed by atoms with E-state index in [0.29, 0.717) is 18.0 Å². The molecule has 1 aromatic carbocycles. The van der Waals surface area contributed by atoms with Gasteiger partial charge < -0.3 is 11.1 Å². The zero-order valence-electron chi connectivity index (χ0n) is 11.0. The van der Waals surface area contributed by atoms with Gasteiger partial charge in [0.1, 0.15) is 0 Å². The van der Waals surface area contributed by atoms with Crippen molar-refractivity contribution in [3.63, 3.8) is 0 Å². The molecular weight excluding hydrogens is 234 g/mol. The summed E-state index contributed by atoms with van der Waals surface area (Å²) in [6.45, 7) is 5.49. The Balaban J connectivity index is 2.67. The number of nitrogens with one attached hydrogen (secondary N) is 1. The molecule has 1 aromatic rings. The molecule has 3 N–H and O–H groups in total. The third-order valence-electron chi connectivity index (χ3n) is 3.39. The molecule has 0 heterocycles. The van der Waals surface area contributed by atoms with E-state index in [1.165, 1.54) is 6.07 Å². The predicted molar refractivity (Wildman–Crippen MR) is 70.2 cm³/mol. The fraction of sp³-hybridized carbons (Fsp3) is 0.571. The lowest BCUT2D eigenvalue weighted by atomic mass is 10.0. The molecule has 0 saturated heterocycles. The van der Waals surface area contributed by atoms with E-state index in [1.807, 2.05) is 0 Å². The van der Waals surface area contributed by atoms with E-state index < -0.39 is 11.6 Å². The molecule has 0 aliphatic carbocycles. The van der Waals surface area contributed by atoms with Gasteiger partial charge >= 0.3 is 0 Å². The van der Waals surface area contributed by atoms with Crippen molar-refractivity contribution < 1.29 is 8.78 Å². The van der Waals surface area contributed by atoms with Crippen LogP contribution in [-0.4, -0.2) is 13.1 Å². The van der Waals surface area contributed by atoms with E-state index in [0.717, 1.165) is 25.5 Å². The van der Waals surface area contributed by atoms with Crippen molar-refractivity contribution in [1.29, 1.82) is 0 Å². The van der Waals surface area contributed by atoms with Crippen LogP contribution in [0, 0.1) is 17.6 Å². The summed E-state index contributed by atoms with van der Waals surface area (Å²) in [6, 6.07) is 3.81. The Morgan fingerprint density at radius 2 is 1.83 bits per heavy atom. The number of hydrogen-bond acceptors (Lipinski definition) is 2. The van der Waals surface area contributed by atoms with Gasteiger partial charge in [0.15, 0.2) is 11.6 Å². The van der Waals surface area contributed by atoms with Gasteiger partial charge in [-0.3, -0.25) is 0 Å². The van der Waals surface area contributed by atoms with Crippen LogP contribution < -0.4 is 11.1 Å². The number of benzene rings is 1. The summed E-state index contributed by atoms with van der Waals surface area (Å²) >= 11 is 0. The monoisotopic (exact) mass is 256 g/mol. The molecule has 2 nitrogen and oxygen atoms in total. The van der Waals surface area contributed by atoms with Crippen molar-refractivity contribution in [2.75, 3.05) is 13.1 Å². The Kier molecular flexibility index (Phi) is 6.22. The molecule has 0 radical (unpaired) electrons. The van der Waals surface area contributed by atoms with Crippen LogP contribution in [0.25, 0.3) is 0 Å². The lowest BCUT2D eigenvalue weighted by Gasteiger charge is -2.21. The van der Waals surface area contributed by atoms with Crippen molar-refractivity contribution in [3.8, 4) is 0 Å². The smallest absolute Gasteiger partial charge is 0.159 e. The highest BCUT2D eigenvalue weighted by Crippen LogP contribution is 2.16. The minimum atomic E-state index is -0.825. The molecule has 18 heavy (non-hydrogen) atoms. The van der Waals surface area contributed by atoms with E-state index >= 15 is 0 Å². The van der Waals surface area contributed by atoms with E-state index in [9.17, 15) is 8.78 Å². The largest absolute Gasteiger partial charge is 0.329 e. The lowest BCUT2D eigenvalue weighted by Crippen LogP contribution is -2.32. The van der Waals surface area contributed by atoms with Gasteiger partial charge in [-0.25, -0.2) is 8.78 Å². The van der Waals surface area contributed by atoms with Crippen molar-refractivity contribution >= 4 is 0 Å². The topological polar surface area (TPSA) is 38.0 Å². The molecule has 0 aliphatic rings. The molecule has 0 spiro atoms. The van der Waals surface area contributed by atoms with Crippen LogP contribution in [0.15, 0.2) is 18.2 Å². The number of nitrogens with two attached hydrogens (primary N) is 1. The Morgan fingerprint density at radius 1 is 1.17 bits per heavy atom. The SMILES string of the molecule is CCC(CC)CNC(CN)c1ccc(F)c(F)c1. The molecule has 0 saturated carbocycles. The summed E-state index contributed by atoms with van der Waals surface area (Å²) in [5.41, 5.74) is 6.38. The number of rotatable bonds is 7. The fourth-order valence-corrected chi connectivity index (χ4v) is 1.95. The summed E-state index contributed by atoms with van der Waals surface area (Å²) < 4.78 is 26.0. The highest BCUT2D eigenvalue weighted by atomic mass is 19.2. The maximum Gasteiger partial charge on any atom is 0.159 e. The molecule has 0 aromatic heterocycles. The minimum Gasteiger partial charge on any atom is -0.329 e. The van der Waals surface area contributed by atoms with Crippen LogP contribution in [0.5, 0.6) is 0 Å². The van der Waals surface area contributed by atoms with Crippen molar-refractivity contribution in [1.82, 2.24) is 5.32 Å². The molecule has 0 amide bonds. The third kappa shape index (κ3) is 4.03. The van der Waals surface area contributed by atoms with Gasteiger partial charge in [0.25, 0.3) is 0 Å². The molecule has 1 rings (SSSR count). The zero-order chi connectivity index (χ0) is 13.5. The van der Waals surface area contributed by atoms with Crippen LogP contribution >= 0.6 is 0 Å². The summed E-state index contributed by atoms with van der Waals surface area (Å²) in [7, 11) is 0. The van der Waals surface area contributed by atoms with Crippen LogP contribution in [0.4, 0.5) is 8.78 Å². The van der Waals surface area contributed by atoms with E-state index in [-0.39, 0.29) is 6.04 Å². The van der Waals surface area contributed by atoms with Gasteiger partial charge in [0, 0.05) is 12.6 Å². The first-order valence-corrected chi connectivity index (χ1v) is 6.50. The van der Waals surface area contributed by atoms with Crippen molar-refractivity contribution in [2.45, 2.75) is 32.7 Å². The van der Waals surface area contributed by atoms with Gasteiger partial charge in [-0.15, -0.1) is 0 Å². The second-order valence-electron chi connectivity index (χ2n) is 4.55. The average molecular weight is 256 g/mol. The van der Waals surface area contributed by atoms with E-state index in [2.05, 4.69) is 19.2 Å². The third-order valence-corrected chi connectivity index (χ3v) is 3.39. The summed E-state index contributed by atoms with van der Waals surface area (Å²) in [6.07, 6.45) is 2.19. The second kappa shape index (κ2) is 7.44. The molecule has 0 aliphatic heterocycles. The van der Waals surface area contributed by atoms with Crippen molar-refractivity contribution in [2.24, 2.45) is 11.7 Å². The van der Waals surface area contributed by atoms with Crippen LogP contribution in [-0.2, 0) is 0 Å². The summed E-state index contributed by atoms with van der Waals surface area (Å²) in [5.74, 6) is -1.06. The van der Waals surface area contributed by atoms with Gasteiger partial charge in [0.2, 0.25) is 0 Å². The van der Waals surface area contributed by atoms with Crippen LogP contribution in [0.2, 0.25) is 0 Å². The minimum absolute atomic E-state index is 0.124. The van der Waals surface area contributed by atoms with Gasteiger partial charge in [-0.1, -0.05) is 32.8 Å². The van der Waals surface area contributed by atoms with Crippen LogP contribution in [0.1, 0.15) is 38.3 Å². The number of hydrogen-bond donors (Lipinski definition) is 2. The first-order chi connectivity index (χ1) is 8.62. The Bertz CT molecular complexity index is 365. The first-order valence-electron chi connectivity index (χ1n) is 6.50. The predicted octanol–water partition coefficient (Wildman–Crippen LogP) is 2.99. The van der Waals surface area contributed by atoms with E-state index in [4.69, 9.17) is 5.73 Å². The molecule has 0 fully saturated rings. The zero-order valence-corrected chi connectivity index (χ0v) is 11.0. The Hall–Kier alpha value is -1.00. The summed E-state index contributed by atoms with van der Waals surface area (Å²) in [5, 5.41) is 3.32. The molecular formula is C14H22F2N2. The maximum atomic E-state index is 13.2.